The van der Waals surface area contributed by atoms with Crippen molar-refractivity contribution in [1.82, 2.24) is 5.32 Å². The fourth-order valence-corrected chi connectivity index (χ4v) is 2.33. The van der Waals surface area contributed by atoms with E-state index in [0.717, 1.165) is 11.8 Å². The minimum atomic E-state index is 0.187. The van der Waals surface area contributed by atoms with Crippen LogP contribution in [-0.2, 0) is 4.79 Å². The predicted molar refractivity (Wildman–Crippen MR) is 54.4 cm³/mol. The zero-order chi connectivity index (χ0) is 9.84. The minimum Gasteiger partial charge on any atom is -0.359 e. The van der Waals surface area contributed by atoms with Crippen molar-refractivity contribution < 1.29 is 4.79 Å². The second-order valence-electron chi connectivity index (χ2n) is 4.53. The summed E-state index contributed by atoms with van der Waals surface area (Å²) in [6.07, 6.45) is 4.69. The average Bonchev–Trinajstić information content (AvgIpc) is 2.51. The number of amides is 1. The summed E-state index contributed by atoms with van der Waals surface area (Å²) in [6.45, 7) is 4.52. The van der Waals surface area contributed by atoms with Crippen LogP contribution < -0.4 is 5.32 Å². The molecule has 2 nitrogen and oxygen atoms in total. The Labute approximate surface area is 81.1 Å². The molecule has 1 N–H and O–H groups in total. The summed E-state index contributed by atoms with van der Waals surface area (Å²) >= 11 is 0. The SMILES string of the molecule is CNC(=O)CC(C)[C@H]1CC[C@@H](C)C1. The van der Waals surface area contributed by atoms with E-state index in [1.165, 1.54) is 19.3 Å². The van der Waals surface area contributed by atoms with Crippen molar-refractivity contribution in [3.8, 4) is 0 Å². The van der Waals surface area contributed by atoms with Gasteiger partial charge in [0.1, 0.15) is 0 Å². The molecule has 0 heterocycles. The molecule has 1 amide bonds. The van der Waals surface area contributed by atoms with Crippen molar-refractivity contribution in [1.29, 1.82) is 0 Å². The summed E-state index contributed by atoms with van der Waals surface area (Å²) in [5.41, 5.74) is 0. The van der Waals surface area contributed by atoms with Crippen LogP contribution in [0.15, 0.2) is 0 Å². The summed E-state index contributed by atoms with van der Waals surface area (Å²) < 4.78 is 0. The van der Waals surface area contributed by atoms with Gasteiger partial charge >= 0.3 is 0 Å². The average molecular weight is 183 g/mol. The van der Waals surface area contributed by atoms with Crippen molar-refractivity contribution in [3.63, 3.8) is 0 Å². The van der Waals surface area contributed by atoms with Crippen LogP contribution in [0.25, 0.3) is 0 Å². The molecule has 1 aliphatic carbocycles. The number of hydrogen-bond acceptors (Lipinski definition) is 1. The van der Waals surface area contributed by atoms with Gasteiger partial charge in [-0.15, -0.1) is 0 Å². The lowest BCUT2D eigenvalue weighted by molar-refractivity contribution is -0.121. The number of rotatable bonds is 3. The number of hydrogen-bond donors (Lipinski definition) is 1. The molecule has 1 saturated carbocycles. The number of carbonyl (C=O) groups is 1. The van der Waals surface area contributed by atoms with Gasteiger partial charge in [0.15, 0.2) is 0 Å². The molecule has 0 aromatic heterocycles. The van der Waals surface area contributed by atoms with Crippen molar-refractivity contribution in [2.24, 2.45) is 17.8 Å². The first-order valence-corrected chi connectivity index (χ1v) is 5.34. The van der Waals surface area contributed by atoms with E-state index >= 15 is 0 Å². The maximum absolute atomic E-state index is 11.1. The molecule has 0 saturated heterocycles. The summed E-state index contributed by atoms with van der Waals surface area (Å²) in [7, 11) is 1.71. The molecule has 1 rings (SSSR count). The van der Waals surface area contributed by atoms with Gasteiger partial charge in [-0.25, -0.2) is 0 Å². The van der Waals surface area contributed by atoms with Crippen LogP contribution in [0.1, 0.15) is 39.5 Å². The van der Waals surface area contributed by atoms with Gasteiger partial charge in [0.25, 0.3) is 0 Å². The van der Waals surface area contributed by atoms with Crippen LogP contribution in [0.3, 0.4) is 0 Å². The van der Waals surface area contributed by atoms with Gasteiger partial charge in [-0.3, -0.25) is 4.79 Å². The van der Waals surface area contributed by atoms with Crippen molar-refractivity contribution in [3.05, 3.63) is 0 Å². The molecule has 76 valence electrons. The molecule has 0 radical (unpaired) electrons. The Kier molecular flexibility index (Phi) is 3.76. The molecule has 1 aliphatic rings. The molecule has 0 aliphatic heterocycles. The number of nitrogens with one attached hydrogen (secondary N) is 1. The second kappa shape index (κ2) is 4.64. The topological polar surface area (TPSA) is 29.1 Å². The fourth-order valence-electron chi connectivity index (χ4n) is 2.33. The Morgan fingerprint density at radius 2 is 2.23 bits per heavy atom. The molecule has 1 fully saturated rings. The van der Waals surface area contributed by atoms with E-state index in [4.69, 9.17) is 0 Å². The first-order chi connectivity index (χ1) is 6.13. The van der Waals surface area contributed by atoms with E-state index in [9.17, 15) is 4.79 Å². The standard InChI is InChI=1S/C11H21NO/c1-8-4-5-10(6-8)9(2)7-11(13)12-3/h8-10H,4-7H2,1-3H3,(H,12,13)/t8-,9?,10+/m1/s1. The lowest BCUT2D eigenvalue weighted by Gasteiger charge is -2.17. The van der Waals surface area contributed by atoms with E-state index < -0.39 is 0 Å². The van der Waals surface area contributed by atoms with E-state index in [-0.39, 0.29) is 5.91 Å². The summed E-state index contributed by atoms with van der Waals surface area (Å²) in [6, 6.07) is 0. The Morgan fingerprint density at radius 3 is 2.69 bits per heavy atom. The first-order valence-electron chi connectivity index (χ1n) is 5.34. The summed E-state index contributed by atoms with van der Waals surface area (Å²) in [4.78, 5) is 11.1. The third-order valence-corrected chi connectivity index (χ3v) is 3.33. The molecule has 13 heavy (non-hydrogen) atoms. The van der Waals surface area contributed by atoms with Crippen LogP contribution in [0.4, 0.5) is 0 Å². The molecule has 2 heteroatoms. The van der Waals surface area contributed by atoms with Gasteiger partial charge in [-0.1, -0.05) is 20.3 Å². The smallest absolute Gasteiger partial charge is 0.220 e. The largest absolute Gasteiger partial charge is 0.359 e. The molecule has 3 atom stereocenters. The van der Waals surface area contributed by atoms with Crippen LogP contribution in [0.2, 0.25) is 0 Å². The molecule has 1 unspecified atom stereocenters. The van der Waals surface area contributed by atoms with Crippen LogP contribution >= 0.6 is 0 Å². The van der Waals surface area contributed by atoms with E-state index in [2.05, 4.69) is 19.2 Å². The molecule has 0 bridgehead atoms. The highest BCUT2D eigenvalue weighted by atomic mass is 16.1. The lowest BCUT2D eigenvalue weighted by Crippen LogP contribution is -2.23. The van der Waals surface area contributed by atoms with Gasteiger partial charge in [-0.05, 0) is 30.6 Å². The molecular formula is C11H21NO. The summed E-state index contributed by atoms with van der Waals surface area (Å²) in [5.74, 6) is 2.40. The van der Waals surface area contributed by atoms with Crippen molar-refractivity contribution >= 4 is 5.91 Å². The Balaban J connectivity index is 2.31. The zero-order valence-electron chi connectivity index (χ0n) is 8.97. The van der Waals surface area contributed by atoms with Crippen LogP contribution in [-0.4, -0.2) is 13.0 Å². The van der Waals surface area contributed by atoms with Gasteiger partial charge in [0, 0.05) is 13.5 Å². The first kappa shape index (κ1) is 10.6. The quantitative estimate of drug-likeness (QED) is 0.714. The molecule has 0 aromatic rings. The predicted octanol–water partition coefficient (Wildman–Crippen LogP) is 2.19. The van der Waals surface area contributed by atoms with E-state index in [1.807, 2.05) is 0 Å². The zero-order valence-corrected chi connectivity index (χ0v) is 8.97. The third-order valence-electron chi connectivity index (χ3n) is 3.33. The number of carbonyl (C=O) groups excluding carboxylic acids is 1. The van der Waals surface area contributed by atoms with Crippen LogP contribution in [0.5, 0.6) is 0 Å². The van der Waals surface area contributed by atoms with Gasteiger partial charge in [0.2, 0.25) is 5.91 Å². The Hall–Kier alpha value is -0.530. The van der Waals surface area contributed by atoms with E-state index in [0.29, 0.717) is 12.3 Å². The normalized spacial score (nSPS) is 30.1. The monoisotopic (exact) mass is 183 g/mol. The third kappa shape index (κ3) is 3.02. The highest BCUT2D eigenvalue weighted by Crippen LogP contribution is 2.36. The van der Waals surface area contributed by atoms with Gasteiger partial charge in [0.05, 0.1) is 0 Å². The summed E-state index contributed by atoms with van der Waals surface area (Å²) in [5, 5.41) is 2.69. The minimum absolute atomic E-state index is 0.187. The highest BCUT2D eigenvalue weighted by molar-refractivity contribution is 5.75. The molecule has 0 spiro atoms. The van der Waals surface area contributed by atoms with Crippen LogP contribution in [0, 0.1) is 17.8 Å². The lowest BCUT2D eigenvalue weighted by atomic mass is 9.89. The van der Waals surface area contributed by atoms with Crippen molar-refractivity contribution in [2.45, 2.75) is 39.5 Å². The van der Waals surface area contributed by atoms with Gasteiger partial charge < -0.3 is 5.32 Å². The van der Waals surface area contributed by atoms with Gasteiger partial charge in [-0.2, -0.15) is 0 Å². The maximum atomic E-state index is 11.1. The molecular weight excluding hydrogens is 162 g/mol. The Morgan fingerprint density at radius 1 is 1.54 bits per heavy atom. The van der Waals surface area contributed by atoms with E-state index in [1.54, 1.807) is 7.05 Å². The van der Waals surface area contributed by atoms with Crippen molar-refractivity contribution in [2.75, 3.05) is 7.05 Å². The molecule has 0 aromatic carbocycles. The fraction of sp³-hybridized carbons (Fsp3) is 0.909. The maximum Gasteiger partial charge on any atom is 0.220 e. The Bertz CT molecular complexity index is 179. The highest BCUT2D eigenvalue weighted by Gasteiger charge is 2.26. The second-order valence-corrected chi connectivity index (χ2v) is 4.53.